The molecule has 4 rings (SSSR count). The van der Waals surface area contributed by atoms with Gasteiger partial charge in [-0.2, -0.15) is 4.72 Å². The third-order valence-corrected chi connectivity index (χ3v) is 7.68. The number of aliphatic carboxylic acids is 1. The van der Waals surface area contributed by atoms with E-state index in [0.29, 0.717) is 11.3 Å². The number of carbonyl (C=O) groups excluding carboxylic acids is 1. The minimum absolute atomic E-state index is 0.0246. The van der Waals surface area contributed by atoms with Crippen molar-refractivity contribution in [2.75, 3.05) is 5.32 Å². The quantitative estimate of drug-likeness (QED) is 0.287. The summed E-state index contributed by atoms with van der Waals surface area (Å²) in [4.78, 5) is 24.2. The minimum Gasteiger partial charge on any atom is -0.480 e. The lowest BCUT2D eigenvalue weighted by atomic mass is 10.1. The summed E-state index contributed by atoms with van der Waals surface area (Å²) < 4.78 is 33.3. The summed E-state index contributed by atoms with van der Waals surface area (Å²) in [5.41, 5.74) is 4.66. The van der Waals surface area contributed by atoms with Crippen molar-refractivity contribution in [1.29, 1.82) is 0 Å². The number of anilines is 1. The normalized spacial score (nSPS) is 12.6. The second-order valence-electron chi connectivity index (χ2n) is 9.24. The Labute approximate surface area is 215 Å². The van der Waals surface area contributed by atoms with Gasteiger partial charge < -0.3 is 14.8 Å². The molecule has 8 nitrogen and oxygen atoms in total. The number of hydrogen-bond acceptors (Lipinski definition) is 5. The minimum atomic E-state index is -4.00. The first-order valence-corrected chi connectivity index (χ1v) is 13.2. The summed E-state index contributed by atoms with van der Waals surface area (Å²) in [6, 6.07) is 17.8. The molecule has 192 valence electrons. The predicted molar refractivity (Wildman–Crippen MR) is 142 cm³/mol. The molecular weight excluding hydrogens is 492 g/mol. The monoisotopic (exact) mass is 520 g/mol. The van der Waals surface area contributed by atoms with Gasteiger partial charge in [-0.1, -0.05) is 50.2 Å². The fraction of sp³-hybridized carbons (Fsp3) is 0.214. The largest absolute Gasteiger partial charge is 0.480 e. The first-order chi connectivity index (χ1) is 17.5. The number of carbonyl (C=O) groups is 2. The second kappa shape index (κ2) is 10.2. The summed E-state index contributed by atoms with van der Waals surface area (Å²) >= 11 is 0. The van der Waals surface area contributed by atoms with Crippen LogP contribution in [0.4, 0.5) is 5.69 Å². The number of furan rings is 1. The predicted octanol–water partition coefficient (Wildman–Crippen LogP) is 5.36. The van der Waals surface area contributed by atoms with Crippen LogP contribution in [-0.4, -0.2) is 31.4 Å². The Hall–Kier alpha value is -3.95. The van der Waals surface area contributed by atoms with E-state index in [4.69, 9.17) is 4.42 Å². The maximum Gasteiger partial charge on any atom is 0.322 e. The van der Waals surface area contributed by atoms with Crippen molar-refractivity contribution in [3.63, 3.8) is 0 Å². The Balaban J connectivity index is 1.48. The number of rotatable bonds is 8. The number of hydrogen-bond donors (Lipinski definition) is 3. The van der Waals surface area contributed by atoms with Crippen LogP contribution in [0.1, 0.15) is 35.5 Å². The lowest BCUT2D eigenvalue weighted by Crippen LogP contribution is -2.44. The molecule has 1 amide bonds. The molecule has 1 atom stereocenters. The van der Waals surface area contributed by atoms with Crippen molar-refractivity contribution < 1.29 is 27.5 Å². The molecule has 0 aliphatic heterocycles. The van der Waals surface area contributed by atoms with Crippen LogP contribution in [0.2, 0.25) is 0 Å². The standard InChI is InChI=1S/C28H28N2O6S/c1-16(2)25(28(32)33)30-37(34,35)22-14-10-20(11-15-22)19-8-12-21(13-9-19)29-27(31)26-18(4)24-17(3)6-5-7-23(24)36-26/h5-16,25,30H,1-4H3,(H,29,31)(H,32,33)/t25-/m0/s1. The SMILES string of the molecule is Cc1cccc2oc(C(=O)Nc3ccc(-c4ccc(S(=O)(=O)N[C@H](C(=O)O)C(C)C)cc4)cc3)c(C)c12. The topological polar surface area (TPSA) is 126 Å². The van der Waals surface area contributed by atoms with Crippen LogP contribution in [0.3, 0.4) is 0 Å². The summed E-state index contributed by atoms with van der Waals surface area (Å²) in [6.07, 6.45) is 0. The van der Waals surface area contributed by atoms with Crippen LogP contribution in [0.25, 0.3) is 22.1 Å². The molecule has 0 unspecified atom stereocenters. The highest BCUT2D eigenvalue weighted by Gasteiger charge is 2.28. The molecule has 1 heterocycles. The average Bonchev–Trinajstić information content (AvgIpc) is 3.20. The molecule has 0 spiro atoms. The molecule has 0 aliphatic carbocycles. The van der Waals surface area contributed by atoms with Gasteiger partial charge in [-0.25, -0.2) is 8.42 Å². The molecule has 0 fully saturated rings. The number of carboxylic acid groups (broad SMARTS) is 1. The molecule has 0 aliphatic rings. The maximum absolute atomic E-state index is 12.9. The van der Waals surface area contributed by atoms with Gasteiger partial charge in [0.2, 0.25) is 10.0 Å². The third-order valence-electron chi connectivity index (χ3n) is 6.22. The van der Waals surface area contributed by atoms with Crippen LogP contribution in [0.5, 0.6) is 0 Å². The van der Waals surface area contributed by atoms with Gasteiger partial charge in [0, 0.05) is 16.6 Å². The zero-order valence-electron chi connectivity index (χ0n) is 20.9. The van der Waals surface area contributed by atoms with Gasteiger partial charge in [-0.3, -0.25) is 9.59 Å². The molecule has 9 heteroatoms. The molecular formula is C28H28N2O6S. The molecule has 3 aromatic carbocycles. The van der Waals surface area contributed by atoms with Crippen molar-refractivity contribution in [2.24, 2.45) is 5.92 Å². The van der Waals surface area contributed by atoms with Gasteiger partial charge >= 0.3 is 5.97 Å². The highest BCUT2D eigenvalue weighted by molar-refractivity contribution is 7.89. The van der Waals surface area contributed by atoms with Crippen LogP contribution in [0, 0.1) is 19.8 Å². The van der Waals surface area contributed by atoms with Crippen LogP contribution in [0.15, 0.2) is 76.0 Å². The van der Waals surface area contributed by atoms with E-state index in [1.54, 1.807) is 38.1 Å². The summed E-state index contributed by atoms with van der Waals surface area (Å²) in [7, 11) is -4.00. The number of aryl methyl sites for hydroxylation is 2. The Morgan fingerprint density at radius 2 is 1.49 bits per heavy atom. The molecule has 3 N–H and O–H groups in total. The lowest BCUT2D eigenvalue weighted by molar-refractivity contribution is -0.140. The molecule has 0 bridgehead atoms. The molecule has 37 heavy (non-hydrogen) atoms. The summed E-state index contributed by atoms with van der Waals surface area (Å²) in [5, 5.41) is 13.1. The van der Waals surface area contributed by atoms with Crippen molar-refractivity contribution in [3.05, 3.63) is 83.6 Å². The smallest absolute Gasteiger partial charge is 0.322 e. The maximum atomic E-state index is 12.9. The molecule has 4 aromatic rings. The van der Waals surface area contributed by atoms with Crippen LogP contribution in [-0.2, 0) is 14.8 Å². The number of fused-ring (bicyclic) bond motifs is 1. The fourth-order valence-corrected chi connectivity index (χ4v) is 5.53. The Morgan fingerprint density at radius 1 is 0.892 bits per heavy atom. The van der Waals surface area contributed by atoms with E-state index in [9.17, 15) is 23.1 Å². The average molecular weight is 521 g/mol. The van der Waals surface area contributed by atoms with E-state index in [1.807, 2.05) is 44.2 Å². The number of amides is 1. The van der Waals surface area contributed by atoms with Gasteiger partial charge in [-0.15, -0.1) is 0 Å². The Morgan fingerprint density at radius 3 is 2.03 bits per heavy atom. The van der Waals surface area contributed by atoms with E-state index in [1.165, 1.54) is 12.1 Å². The molecule has 0 saturated carbocycles. The molecule has 0 saturated heterocycles. The fourth-order valence-electron chi connectivity index (χ4n) is 4.19. The molecule has 1 aromatic heterocycles. The first-order valence-electron chi connectivity index (χ1n) is 11.7. The first kappa shape index (κ1) is 26.1. The number of carboxylic acids is 1. The number of sulfonamides is 1. The van der Waals surface area contributed by atoms with E-state index in [0.717, 1.165) is 27.6 Å². The van der Waals surface area contributed by atoms with Crippen LogP contribution < -0.4 is 10.0 Å². The Bertz CT molecular complexity index is 1570. The Kier molecular flexibility index (Phi) is 7.20. The van der Waals surface area contributed by atoms with Crippen LogP contribution >= 0.6 is 0 Å². The van der Waals surface area contributed by atoms with Crippen molar-refractivity contribution in [1.82, 2.24) is 4.72 Å². The molecule has 0 radical (unpaired) electrons. The van der Waals surface area contributed by atoms with Gasteiger partial charge in [0.25, 0.3) is 5.91 Å². The lowest BCUT2D eigenvalue weighted by Gasteiger charge is -2.18. The highest BCUT2D eigenvalue weighted by Crippen LogP contribution is 2.29. The summed E-state index contributed by atoms with van der Waals surface area (Å²) in [6.45, 7) is 7.10. The number of benzene rings is 3. The zero-order valence-corrected chi connectivity index (χ0v) is 21.7. The highest BCUT2D eigenvalue weighted by atomic mass is 32.2. The van der Waals surface area contributed by atoms with Crippen molar-refractivity contribution in [3.8, 4) is 11.1 Å². The number of nitrogens with one attached hydrogen (secondary N) is 2. The van der Waals surface area contributed by atoms with E-state index in [-0.39, 0.29) is 16.6 Å². The van der Waals surface area contributed by atoms with Gasteiger partial charge in [-0.05, 0) is 66.8 Å². The van der Waals surface area contributed by atoms with E-state index < -0.39 is 28.0 Å². The van der Waals surface area contributed by atoms with E-state index >= 15 is 0 Å². The van der Waals surface area contributed by atoms with Gasteiger partial charge in [0.05, 0.1) is 4.90 Å². The third kappa shape index (κ3) is 5.42. The van der Waals surface area contributed by atoms with Crippen molar-refractivity contribution >= 4 is 38.6 Å². The van der Waals surface area contributed by atoms with Crippen molar-refractivity contribution in [2.45, 2.75) is 38.6 Å². The second-order valence-corrected chi connectivity index (χ2v) is 11.0. The van der Waals surface area contributed by atoms with Gasteiger partial charge in [0.15, 0.2) is 5.76 Å². The van der Waals surface area contributed by atoms with E-state index in [2.05, 4.69) is 10.0 Å². The van der Waals surface area contributed by atoms with Gasteiger partial charge in [0.1, 0.15) is 11.6 Å². The zero-order chi connectivity index (χ0) is 26.9. The summed E-state index contributed by atoms with van der Waals surface area (Å²) in [5.74, 6) is -1.72.